The van der Waals surface area contributed by atoms with E-state index in [1.54, 1.807) is 0 Å². The van der Waals surface area contributed by atoms with Gasteiger partial charge < -0.3 is 9.42 Å². The van der Waals surface area contributed by atoms with Crippen LogP contribution in [0.2, 0.25) is 0 Å². The number of aryl methyl sites for hydroxylation is 1. The maximum Gasteiger partial charge on any atom is 0.259 e. The van der Waals surface area contributed by atoms with Crippen LogP contribution in [0.25, 0.3) is 22.4 Å². The largest absolute Gasteiger partial charge is 0.336 e. The molecule has 0 atom stereocenters. The Balaban J connectivity index is 1.44. The molecule has 2 aromatic heterocycles. The van der Waals surface area contributed by atoms with Gasteiger partial charge in [0.1, 0.15) is 0 Å². The highest BCUT2D eigenvalue weighted by atomic mass is 16.5. The highest BCUT2D eigenvalue weighted by molar-refractivity contribution is 6.07. The number of carbonyl (C=O) groups excluding carboxylic acids is 1. The van der Waals surface area contributed by atoms with Crippen LogP contribution < -0.4 is 0 Å². The molecule has 0 N–H and O–H groups in total. The zero-order chi connectivity index (χ0) is 19.8. The Morgan fingerprint density at radius 2 is 1.79 bits per heavy atom. The summed E-state index contributed by atoms with van der Waals surface area (Å²) in [6.45, 7) is 5.32. The molecule has 1 aliphatic heterocycles. The molecule has 150 valence electrons. The molecule has 0 radical (unpaired) electrons. The summed E-state index contributed by atoms with van der Waals surface area (Å²) in [5, 5.41) is 4.80. The summed E-state index contributed by atoms with van der Waals surface area (Å²) in [7, 11) is 0. The minimum absolute atomic E-state index is 0.0481. The lowest BCUT2D eigenvalue weighted by Crippen LogP contribution is -2.51. The van der Waals surface area contributed by atoms with Crippen molar-refractivity contribution in [1.29, 1.82) is 0 Å². The van der Waals surface area contributed by atoms with Gasteiger partial charge in [-0.2, -0.15) is 0 Å². The number of hydrogen-bond donors (Lipinski definition) is 0. The maximum atomic E-state index is 13.5. The van der Waals surface area contributed by atoms with Crippen molar-refractivity contribution < 1.29 is 9.32 Å². The molecule has 6 heteroatoms. The zero-order valence-corrected chi connectivity index (χ0v) is 16.8. The molecule has 2 aliphatic rings. The Labute approximate surface area is 170 Å². The second kappa shape index (κ2) is 7.59. The van der Waals surface area contributed by atoms with Crippen LogP contribution in [0.4, 0.5) is 0 Å². The van der Waals surface area contributed by atoms with Gasteiger partial charge >= 0.3 is 0 Å². The molecule has 1 saturated heterocycles. The SMILES string of the molecule is Cc1noc2nc(-c3ccccc3)cc(C(=O)N3CCN(C4CCCC4)CC3)c12. The molecule has 0 unspecified atom stereocenters. The fourth-order valence-corrected chi connectivity index (χ4v) is 4.75. The van der Waals surface area contributed by atoms with E-state index < -0.39 is 0 Å². The minimum Gasteiger partial charge on any atom is -0.336 e. The highest BCUT2D eigenvalue weighted by Gasteiger charge is 2.30. The number of hydrogen-bond acceptors (Lipinski definition) is 5. The van der Waals surface area contributed by atoms with Gasteiger partial charge in [0.15, 0.2) is 0 Å². The quantitative estimate of drug-likeness (QED) is 0.679. The molecule has 2 fully saturated rings. The predicted molar refractivity (Wildman–Crippen MR) is 112 cm³/mol. The van der Waals surface area contributed by atoms with Gasteiger partial charge in [0.25, 0.3) is 11.6 Å². The predicted octanol–water partition coefficient (Wildman–Crippen LogP) is 3.90. The van der Waals surface area contributed by atoms with Gasteiger partial charge in [-0.25, -0.2) is 4.98 Å². The molecule has 0 spiro atoms. The summed E-state index contributed by atoms with van der Waals surface area (Å²) in [6.07, 6.45) is 5.29. The van der Waals surface area contributed by atoms with Crippen LogP contribution in [0.3, 0.4) is 0 Å². The number of nitrogens with zero attached hydrogens (tertiary/aromatic N) is 4. The first-order chi connectivity index (χ1) is 14.2. The summed E-state index contributed by atoms with van der Waals surface area (Å²) in [6, 6.07) is 12.5. The van der Waals surface area contributed by atoms with Crippen molar-refractivity contribution in [3.63, 3.8) is 0 Å². The van der Waals surface area contributed by atoms with Crippen molar-refractivity contribution >= 4 is 17.0 Å². The minimum atomic E-state index is 0.0481. The van der Waals surface area contributed by atoms with Crippen LogP contribution in [-0.2, 0) is 0 Å². The number of aromatic nitrogens is 2. The van der Waals surface area contributed by atoms with Crippen LogP contribution >= 0.6 is 0 Å². The average Bonchev–Trinajstić information content (AvgIpc) is 3.44. The Hall–Kier alpha value is -2.73. The molecule has 1 amide bonds. The van der Waals surface area contributed by atoms with Gasteiger partial charge in [-0.15, -0.1) is 0 Å². The third-order valence-corrected chi connectivity index (χ3v) is 6.36. The van der Waals surface area contributed by atoms with E-state index in [-0.39, 0.29) is 5.91 Å². The molecule has 3 aromatic rings. The lowest BCUT2D eigenvalue weighted by Gasteiger charge is -2.38. The Kier molecular flexibility index (Phi) is 4.79. The van der Waals surface area contributed by atoms with E-state index >= 15 is 0 Å². The van der Waals surface area contributed by atoms with E-state index in [2.05, 4.69) is 15.0 Å². The first-order valence-corrected chi connectivity index (χ1v) is 10.6. The first kappa shape index (κ1) is 18.3. The molecule has 5 rings (SSSR count). The lowest BCUT2D eigenvalue weighted by atomic mass is 10.0. The molecule has 1 aromatic carbocycles. The number of rotatable bonds is 3. The normalized spacial score (nSPS) is 18.6. The Bertz CT molecular complexity index is 1020. The molecular formula is C23H26N4O2. The number of piperazine rings is 1. The molecule has 29 heavy (non-hydrogen) atoms. The topological polar surface area (TPSA) is 62.5 Å². The summed E-state index contributed by atoms with van der Waals surface area (Å²) < 4.78 is 5.43. The summed E-state index contributed by atoms with van der Waals surface area (Å²) in [5.41, 5.74) is 3.48. The van der Waals surface area contributed by atoms with Crippen molar-refractivity contribution in [2.45, 2.75) is 38.6 Å². The number of pyridine rings is 1. The van der Waals surface area contributed by atoms with E-state index in [9.17, 15) is 4.79 Å². The van der Waals surface area contributed by atoms with E-state index in [0.717, 1.165) is 42.8 Å². The molecule has 3 heterocycles. The van der Waals surface area contributed by atoms with Gasteiger partial charge in [0.05, 0.1) is 22.3 Å². The number of fused-ring (bicyclic) bond motifs is 1. The van der Waals surface area contributed by atoms with Crippen LogP contribution in [0.15, 0.2) is 40.9 Å². The zero-order valence-electron chi connectivity index (χ0n) is 16.8. The van der Waals surface area contributed by atoms with Crippen molar-refractivity contribution in [1.82, 2.24) is 19.9 Å². The third-order valence-electron chi connectivity index (χ3n) is 6.36. The van der Waals surface area contributed by atoms with E-state index in [1.807, 2.05) is 48.2 Å². The van der Waals surface area contributed by atoms with E-state index in [4.69, 9.17) is 4.52 Å². The summed E-state index contributed by atoms with van der Waals surface area (Å²) in [4.78, 5) is 22.6. The molecule has 6 nitrogen and oxygen atoms in total. The van der Waals surface area contributed by atoms with Crippen molar-refractivity contribution in [3.05, 3.63) is 47.7 Å². The number of amides is 1. The van der Waals surface area contributed by atoms with Crippen LogP contribution in [0.5, 0.6) is 0 Å². The summed E-state index contributed by atoms with van der Waals surface area (Å²) in [5.74, 6) is 0.0481. The van der Waals surface area contributed by atoms with Gasteiger partial charge in [-0.3, -0.25) is 9.69 Å². The maximum absolute atomic E-state index is 13.5. The van der Waals surface area contributed by atoms with Crippen molar-refractivity contribution in [3.8, 4) is 11.3 Å². The second-order valence-electron chi connectivity index (χ2n) is 8.14. The third kappa shape index (κ3) is 3.42. The van der Waals surface area contributed by atoms with Gasteiger partial charge in [-0.05, 0) is 25.8 Å². The first-order valence-electron chi connectivity index (χ1n) is 10.6. The standard InChI is InChI=1S/C23H26N4O2/c1-16-21-19(15-20(24-22(21)29-25-16)17-7-3-2-4-8-17)23(28)27-13-11-26(12-14-27)18-9-5-6-10-18/h2-4,7-8,15,18H,5-6,9-14H2,1H3. The fourth-order valence-electron chi connectivity index (χ4n) is 4.75. The molecule has 0 bridgehead atoms. The van der Waals surface area contributed by atoms with Gasteiger partial charge in [-0.1, -0.05) is 48.3 Å². The molecular weight excluding hydrogens is 364 g/mol. The smallest absolute Gasteiger partial charge is 0.259 e. The molecule has 1 aliphatic carbocycles. The Morgan fingerprint density at radius 1 is 1.07 bits per heavy atom. The van der Waals surface area contributed by atoms with E-state index in [1.165, 1.54) is 25.7 Å². The van der Waals surface area contributed by atoms with Crippen LogP contribution in [0, 0.1) is 6.92 Å². The molecule has 1 saturated carbocycles. The van der Waals surface area contributed by atoms with E-state index in [0.29, 0.717) is 23.0 Å². The second-order valence-corrected chi connectivity index (χ2v) is 8.14. The highest BCUT2D eigenvalue weighted by Crippen LogP contribution is 2.29. The van der Waals surface area contributed by atoms with Gasteiger partial charge in [0.2, 0.25) is 0 Å². The van der Waals surface area contributed by atoms with Crippen molar-refractivity contribution in [2.24, 2.45) is 0 Å². The van der Waals surface area contributed by atoms with Crippen molar-refractivity contribution in [2.75, 3.05) is 26.2 Å². The number of carbonyl (C=O) groups is 1. The monoisotopic (exact) mass is 390 g/mol. The fraction of sp³-hybridized carbons (Fsp3) is 0.435. The van der Waals surface area contributed by atoms with Crippen LogP contribution in [0.1, 0.15) is 41.7 Å². The average molecular weight is 390 g/mol. The van der Waals surface area contributed by atoms with Crippen LogP contribution in [-0.4, -0.2) is 58.1 Å². The number of benzene rings is 1. The summed E-state index contributed by atoms with van der Waals surface area (Å²) >= 11 is 0. The lowest BCUT2D eigenvalue weighted by molar-refractivity contribution is 0.0575. The Morgan fingerprint density at radius 3 is 2.52 bits per heavy atom. The van der Waals surface area contributed by atoms with Gasteiger partial charge in [0, 0.05) is 37.8 Å².